The van der Waals surface area contributed by atoms with E-state index in [2.05, 4.69) is 16.2 Å². The van der Waals surface area contributed by atoms with Crippen molar-refractivity contribution >= 4 is 40.8 Å². The van der Waals surface area contributed by atoms with Gasteiger partial charge >= 0.3 is 74.2 Å². The van der Waals surface area contributed by atoms with Crippen LogP contribution in [-0.4, -0.2) is 20.4 Å². The first-order chi connectivity index (χ1) is 4.88. The number of rotatable bonds is 0. The summed E-state index contributed by atoms with van der Waals surface area (Å²) in [4.78, 5) is 0. The summed E-state index contributed by atoms with van der Waals surface area (Å²) < 4.78 is 3.66. The molecule has 0 bridgehead atoms. The molecule has 0 aliphatic carbocycles. The van der Waals surface area contributed by atoms with Crippen molar-refractivity contribution in [2.45, 2.75) is 0 Å². The summed E-state index contributed by atoms with van der Waals surface area (Å²) in [6.07, 6.45) is 0. The predicted octanol–water partition coefficient (Wildman–Crippen LogP) is 2.55. The molecule has 0 aliphatic rings. The van der Waals surface area contributed by atoms with Gasteiger partial charge in [0.05, 0.1) is 0 Å². The maximum atomic E-state index is 5.96. The molecule has 0 nitrogen and oxygen atoms in total. The van der Waals surface area contributed by atoms with Gasteiger partial charge in [-0.05, 0) is 0 Å². The van der Waals surface area contributed by atoms with Crippen molar-refractivity contribution in [1.29, 1.82) is 0 Å². The van der Waals surface area contributed by atoms with Crippen LogP contribution in [0.15, 0.2) is 28.3 Å². The van der Waals surface area contributed by atoms with Gasteiger partial charge < -0.3 is 0 Å². The molecule has 0 amide bonds. The summed E-state index contributed by atoms with van der Waals surface area (Å²) in [6.45, 7) is 0. The van der Waals surface area contributed by atoms with Crippen LogP contribution in [-0.2, 0) is 0 Å². The van der Waals surface area contributed by atoms with Gasteiger partial charge in [-0.3, -0.25) is 0 Å². The zero-order valence-electron chi connectivity index (χ0n) is 5.17. The number of hydrogen-bond acceptors (Lipinski definition) is 0. The maximum absolute atomic E-state index is 5.96. The molecule has 0 aliphatic heterocycles. The summed E-state index contributed by atoms with van der Waals surface area (Å²) in [5, 5.41) is 2.28. The molecule has 1 aromatic carbocycles. The van der Waals surface area contributed by atoms with Crippen LogP contribution in [0.2, 0.25) is 5.02 Å². The summed E-state index contributed by atoms with van der Waals surface area (Å²) in [6, 6.07) is 8.26. The van der Waals surface area contributed by atoms with Crippen molar-refractivity contribution in [3.8, 4) is 0 Å². The van der Waals surface area contributed by atoms with Gasteiger partial charge in [-0.1, -0.05) is 0 Å². The van der Waals surface area contributed by atoms with Crippen LogP contribution in [0.4, 0.5) is 0 Å². The van der Waals surface area contributed by atoms with Crippen LogP contribution >= 0.6 is 11.6 Å². The third-order valence-electron chi connectivity index (χ3n) is 1.43. The Morgan fingerprint density at radius 1 is 1.20 bits per heavy atom. The molecule has 10 heavy (non-hydrogen) atoms. The van der Waals surface area contributed by atoms with Crippen LogP contribution in [0.5, 0.6) is 0 Å². The van der Waals surface area contributed by atoms with Gasteiger partial charge in [-0.2, -0.15) is 0 Å². The molecule has 2 aromatic rings. The second-order valence-electron chi connectivity index (χ2n) is 2.08. The third kappa shape index (κ3) is 0.992. The third-order valence-corrected chi connectivity index (χ3v) is 4.85. The van der Waals surface area contributed by atoms with Gasteiger partial charge in [0, 0.05) is 0 Å². The van der Waals surface area contributed by atoms with E-state index in [0.717, 1.165) is 5.02 Å². The average Bonchev–Trinajstić information content (AvgIpc) is 2.36. The summed E-state index contributed by atoms with van der Waals surface area (Å²) in [5.74, 6) is 0. The second-order valence-corrected chi connectivity index (χ2v) is 5.10. The van der Waals surface area contributed by atoms with E-state index in [4.69, 9.17) is 11.6 Å². The summed E-state index contributed by atoms with van der Waals surface area (Å²) in [7, 11) is 0. The Morgan fingerprint density at radius 3 is 2.90 bits per heavy atom. The van der Waals surface area contributed by atoms with Crippen molar-refractivity contribution in [3.05, 3.63) is 33.4 Å². The van der Waals surface area contributed by atoms with Gasteiger partial charge in [0.2, 0.25) is 0 Å². The van der Waals surface area contributed by atoms with Crippen LogP contribution in [0.1, 0.15) is 0 Å². The summed E-state index contributed by atoms with van der Waals surface area (Å²) >= 11 is 5.89. The predicted molar refractivity (Wildman–Crippen MR) is 45.9 cm³/mol. The minimum atomic E-state index is -0.0766. The fourth-order valence-corrected chi connectivity index (χ4v) is 3.73. The first-order valence-electron chi connectivity index (χ1n) is 2.99. The van der Waals surface area contributed by atoms with Crippen molar-refractivity contribution in [2.75, 3.05) is 0 Å². The van der Waals surface area contributed by atoms with E-state index >= 15 is 0 Å². The van der Waals surface area contributed by atoms with E-state index in [1.54, 1.807) is 0 Å². The second kappa shape index (κ2) is 2.58. The molecule has 0 spiro atoms. The number of halogens is 1. The van der Waals surface area contributed by atoms with Gasteiger partial charge in [0.25, 0.3) is 0 Å². The average molecular weight is 264 g/mol. The first-order valence-corrected chi connectivity index (χ1v) is 5.88. The number of fused-ring (bicyclic) bond motifs is 1. The van der Waals surface area contributed by atoms with Crippen molar-refractivity contribution < 1.29 is 0 Å². The van der Waals surface area contributed by atoms with Crippen molar-refractivity contribution in [3.63, 3.8) is 0 Å². The molecule has 0 unspecified atom stereocenters. The Hall–Kier alpha value is 0.0396. The SMILES string of the molecule is Clc1cccc2cc[te]c12. The summed E-state index contributed by atoms with van der Waals surface area (Å²) in [5.41, 5.74) is 0. The minimum absolute atomic E-state index is 0.0766. The molecule has 0 fully saturated rings. The Labute approximate surface area is 74.0 Å². The van der Waals surface area contributed by atoms with Crippen LogP contribution in [0.25, 0.3) is 8.79 Å². The van der Waals surface area contributed by atoms with Crippen LogP contribution in [0.3, 0.4) is 0 Å². The van der Waals surface area contributed by atoms with Crippen molar-refractivity contribution in [1.82, 2.24) is 0 Å². The first kappa shape index (κ1) is 6.73. The molecular weight excluding hydrogens is 259 g/mol. The Bertz CT molecular complexity index is 351. The molecule has 0 saturated heterocycles. The van der Waals surface area contributed by atoms with Crippen LogP contribution in [0, 0.1) is 0 Å². The monoisotopic (exact) mass is 266 g/mol. The number of hydrogen-bond donors (Lipinski definition) is 0. The van der Waals surface area contributed by atoms with Crippen LogP contribution < -0.4 is 0 Å². The molecule has 1 heterocycles. The van der Waals surface area contributed by atoms with E-state index in [0.29, 0.717) is 0 Å². The van der Waals surface area contributed by atoms with Gasteiger partial charge in [-0.15, -0.1) is 0 Å². The number of benzene rings is 1. The Kier molecular flexibility index (Phi) is 1.74. The van der Waals surface area contributed by atoms with E-state index in [-0.39, 0.29) is 20.4 Å². The zero-order valence-corrected chi connectivity index (χ0v) is 8.26. The van der Waals surface area contributed by atoms with E-state index in [1.165, 1.54) is 8.79 Å². The normalized spacial score (nSPS) is 10.5. The van der Waals surface area contributed by atoms with Crippen molar-refractivity contribution in [2.24, 2.45) is 0 Å². The Balaban J connectivity index is 2.95. The van der Waals surface area contributed by atoms with E-state index in [9.17, 15) is 0 Å². The molecular formula is C8H5ClTe. The quantitative estimate of drug-likeness (QED) is 0.641. The molecule has 1 aromatic heterocycles. The van der Waals surface area contributed by atoms with Gasteiger partial charge in [0.1, 0.15) is 0 Å². The van der Waals surface area contributed by atoms with E-state index < -0.39 is 0 Å². The Morgan fingerprint density at radius 2 is 2.10 bits per heavy atom. The molecule has 50 valence electrons. The molecule has 0 saturated carbocycles. The topological polar surface area (TPSA) is 0 Å². The molecule has 0 radical (unpaired) electrons. The van der Waals surface area contributed by atoms with Gasteiger partial charge in [-0.25, -0.2) is 0 Å². The molecule has 0 N–H and O–H groups in total. The van der Waals surface area contributed by atoms with Gasteiger partial charge in [0.15, 0.2) is 0 Å². The molecule has 2 rings (SSSR count). The fraction of sp³-hybridized carbons (Fsp3) is 0. The fourth-order valence-electron chi connectivity index (χ4n) is 0.956. The molecule has 0 atom stereocenters. The zero-order chi connectivity index (χ0) is 6.97. The standard InChI is InChI=1S/C8H5ClTe/c9-7-3-1-2-6-4-5-10-8(6)7/h1-5H. The van der Waals surface area contributed by atoms with E-state index in [1.807, 2.05) is 12.1 Å². The molecule has 2 heteroatoms.